The summed E-state index contributed by atoms with van der Waals surface area (Å²) >= 11 is 3.48. The monoisotopic (exact) mass is 479 g/mol. The van der Waals surface area contributed by atoms with Crippen LogP contribution in [0.15, 0.2) is 65.5 Å². The first-order valence-electron chi connectivity index (χ1n) is 9.87. The predicted molar refractivity (Wildman–Crippen MR) is 124 cm³/mol. The number of halogens is 1. The van der Waals surface area contributed by atoms with Crippen molar-refractivity contribution >= 4 is 39.2 Å². The smallest absolute Gasteiger partial charge is 0.229 e. The maximum atomic E-state index is 5.80. The van der Waals surface area contributed by atoms with Crippen LogP contribution in [0.1, 0.15) is 17.9 Å². The van der Waals surface area contributed by atoms with Crippen LogP contribution >= 0.6 is 15.9 Å². The molecule has 0 bridgehead atoms. The fourth-order valence-electron chi connectivity index (χ4n) is 2.88. The molecule has 8 nitrogen and oxygen atoms in total. The molecule has 0 aliphatic rings. The molecule has 3 heterocycles. The zero-order chi connectivity index (χ0) is 21.5. The maximum Gasteiger partial charge on any atom is 0.229 e. The summed E-state index contributed by atoms with van der Waals surface area (Å²) < 4.78 is 6.55. The van der Waals surface area contributed by atoms with Gasteiger partial charge in [-0.3, -0.25) is 0 Å². The first-order chi connectivity index (χ1) is 15.2. The molecule has 0 saturated carbocycles. The first-order valence-corrected chi connectivity index (χ1v) is 10.7. The Hall–Kier alpha value is -3.46. The molecule has 3 N–H and O–H groups in total. The Labute approximate surface area is 188 Å². The summed E-state index contributed by atoms with van der Waals surface area (Å²) in [4.78, 5) is 20.6. The quantitative estimate of drug-likeness (QED) is 0.285. The van der Waals surface area contributed by atoms with Gasteiger partial charge in [-0.2, -0.15) is 4.98 Å². The molecular weight excluding hydrogens is 458 g/mol. The molecule has 0 fully saturated rings. The second kappa shape index (κ2) is 10.0. The van der Waals surface area contributed by atoms with Crippen molar-refractivity contribution in [2.45, 2.75) is 19.8 Å². The highest BCUT2D eigenvalue weighted by atomic mass is 79.9. The third-order valence-electron chi connectivity index (χ3n) is 4.37. The number of H-pyrrole nitrogens is 1. The molecule has 9 heteroatoms. The van der Waals surface area contributed by atoms with Crippen molar-refractivity contribution < 1.29 is 4.74 Å². The molecule has 0 spiro atoms. The van der Waals surface area contributed by atoms with E-state index in [-0.39, 0.29) is 0 Å². The Morgan fingerprint density at radius 3 is 2.68 bits per heavy atom. The number of rotatable bonds is 9. The van der Waals surface area contributed by atoms with Gasteiger partial charge in [-0.25, -0.2) is 15.0 Å². The molecule has 4 rings (SSSR count). The summed E-state index contributed by atoms with van der Waals surface area (Å²) in [5.41, 5.74) is 1.79. The van der Waals surface area contributed by atoms with Crippen molar-refractivity contribution in [2.75, 3.05) is 17.2 Å². The lowest BCUT2D eigenvalue weighted by atomic mass is 10.3. The van der Waals surface area contributed by atoms with Crippen molar-refractivity contribution in [1.82, 2.24) is 24.9 Å². The van der Waals surface area contributed by atoms with Gasteiger partial charge < -0.3 is 20.4 Å². The van der Waals surface area contributed by atoms with E-state index in [9.17, 15) is 0 Å². The SMILES string of the molecule is Cc1cccc(Nc2nc(Nc3ccc(OCCCc4ncc[nH]4)cc3)ncc2Br)n1. The molecular formula is C22H22BrN7O. The third kappa shape index (κ3) is 6.02. The van der Waals surface area contributed by atoms with Gasteiger partial charge in [0.15, 0.2) is 5.82 Å². The molecule has 0 saturated heterocycles. The number of hydrogen-bond donors (Lipinski definition) is 3. The standard InChI is InChI=1S/C22H22BrN7O/c1-15-4-2-5-20(27-15)29-21-18(23)14-26-22(30-21)28-16-7-9-17(10-8-16)31-13-3-6-19-24-11-12-25-19/h2,4-5,7-12,14H,3,6,13H2,1H3,(H,24,25)(H2,26,27,28,29,30). The highest BCUT2D eigenvalue weighted by molar-refractivity contribution is 9.10. The molecule has 0 aliphatic heterocycles. The van der Waals surface area contributed by atoms with Crippen LogP contribution in [-0.2, 0) is 6.42 Å². The van der Waals surface area contributed by atoms with Gasteiger partial charge in [0.1, 0.15) is 17.4 Å². The largest absolute Gasteiger partial charge is 0.494 e. The van der Waals surface area contributed by atoms with Gasteiger partial charge >= 0.3 is 0 Å². The maximum absolute atomic E-state index is 5.80. The molecule has 4 aromatic rings. The third-order valence-corrected chi connectivity index (χ3v) is 4.95. The number of pyridine rings is 1. The lowest BCUT2D eigenvalue weighted by Gasteiger charge is -2.11. The van der Waals surface area contributed by atoms with Gasteiger partial charge in [0.25, 0.3) is 0 Å². The van der Waals surface area contributed by atoms with Crippen LogP contribution in [0.25, 0.3) is 0 Å². The van der Waals surface area contributed by atoms with Gasteiger partial charge in [0.2, 0.25) is 5.95 Å². The van der Waals surface area contributed by atoms with Crippen molar-refractivity contribution in [1.29, 1.82) is 0 Å². The number of hydrogen-bond acceptors (Lipinski definition) is 7. The second-order valence-corrected chi connectivity index (χ2v) is 7.67. The number of nitrogens with zero attached hydrogens (tertiary/aromatic N) is 4. The summed E-state index contributed by atoms with van der Waals surface area (Å²) in [6.45, 7) is 2.57. The molecule has 1 aromatic carbocycles. The van der Waals surface area contributed by atoms with Crippen molar-refractivity contribution in [3.05, 3.63) is 77.0 Å². The van der Waals surface area contributed by atoms with Gasteiger partial charge in [0.05, 0.1) is 11.1 Å². The Morgan fingerprint density at radius 1 is 1.03 bits per heavy atom. The van der Waals surface area contributed by atoms with Crippen LogP contribution in [0.4, 0.5) is 23.3 Å². The van der Waals surface area contributed by atoms with Gasteiger partial charge in [-0.1, -0.05) is 6.07 Å². The van der Waals surface area contributed by atoms with Gasteiger partial charge in [-0.15, -0.1) is 0 Å². The van der Waals surface area contributed by atoms with E-state index in [4.69, 9.17) is 4.74 Å². The average Bonchev–Trinajstić information content (AvgIpc) is 3.28. The number of benzene rings is 1. The minimum absolute atomic E-state index is 0.477. The summed E-state index contributed by atoms with van der Waals surface area (Å²) in [6.07, 6.45) is 7.04. The number of anilines is 4. The summed E-state index contributed by atoms with van der Waals surface area (Å²) in [6, 6.07) is 13.5. The van der Waals surface area contributed by atoms with E-state index >= 15 is 0 Å². The summed E-state index contributed by atoms with van der Waals surface area (Å²) in [5.74, 6) is 3.62. The minimum atomic E-state index is 0.477. The molecule has 158 valence electrons. The van der Waals surface area contributed by atoms with Crippen molar-refractivity contribution in [3.8, 4) is 5.75 Å². The number of imidazole rings is 1. The van der Waals surface area contributed by atoms with Crippen LogP contribution in [0.5, 0.6) is 5.75 Å². The normalized spacial score (nSPS) is 10.6. The zero-order valence-electron chi connectivity index (χ0n) is 17.0. The number of ether oxygens (including phenoxy) is 1. The molecule has 0 atom stereocenters. The fraction of sp³-hybridized carbons (Fsp3) is 0.182. The highest BCUT2D eigenvalue weighted by Crippen LogP contribution is 2.25. The van der Waals surface area contributed by atoms with Crippen LogP contribution < -0.4 is 15.4 Å². The van der Waals surface area contributed by atoms with E-state index in [1.165, 1.54) is 0 Å². The Bertz CT molecular complexity index is 1120. The van der Waals surface area contributed by atoms with Crippen LogP contribution in [0.3, 0.4) is 0 Å². The van der Waals surface area contributed by atoms with Gasteiger partial charge in [0, 0.05) is 36.4 Å². The van der Waals surface area contributed by atoms with Crippen molar-refractivity contribution in [2.24, 2.45) is 0 Å². The Kier molecular flexibility index (Phi) is 6.73. The van der Waals surface area contributed by atoms with Crippen LogP contribution in [0.2, 0.25) is 0 Å². The number of nitrogens with one attached hydrogen (secondary N) is 3. The second-order valence-electron chi connectivity index (χ2n) is 6.82. The van der Waals surface area contributed by atoms with E-state index < -0.39 is 0 Å². The number of aromatic nitrogens is 5. The Balaban J connectivity index is 1.33. The molecule has 0 unspecified atom stereocenters. The molecule has 0 radical (unpaired) electrons. The molecule has 3 aromatic heterocycles. The van der Waals surface area contributed by atoms with Crippen LogP contribution in [-0.4, -0.2) is 31.5 Å². The topological polar surface area (TPSA) is 101 Å². The van der Waals surface area contributed by atoms with E-state index in [0.717, 1.165) is 46.1 Å². The minimum Gasteiger partial charge on any atom is -0.494 e. The molecule has 0 amide bonds. The molecule has 0 aliphatic carbocycles. The highest BCUT2D eigenvalue weighted by Gasteiger charge is 2.07. The average molecular weight is 480 g/mol. The van der Waals surface area contributed by atoms with Crippen LogP contribution in [0, 0.1) is 6.92 Å². The number of aromatic amines is 1. The fourth-order valence-corrected chi connectivity index (χ4v) is 3.17. The number of aryl methyl sites for hydroxylation is 2. The van der Waals surface area contributed by atoms with E-state index in [0.29, 0.717) is 18.4 Å². The Morgan fingerprint density at radius 2 is 1.90 bits per heavy atom. The lowest BCUT2D eigenvalue weighted by Crippen LogP contribution is -2.03. The van der Waals surface area contributed by atoms with E-state index in [1.807, 2.05) is 55.6 Å². The predicted octanol–water partition coefficient (Wildman–Crippen LogP) is 5.16. The van der Waals surface area contributed by atoms with Gasteiger partial charge in [-0.05, 0) is 65.7 Å². The summed E-state index contributed by atoms with van der Waals surface area (Å²) in [7, 11) is 0. The zero-order valence-corrected chi connectivity index (χ0v) is 18.6. The first kappa shape index (κ1) is 20.8. The van der Waals surface area contributed by atoms with E-state index in [2.05, 4.69) is 51.5 Å². The molecule has 31 heavy (non-hydrogen) atoms. The summed E-state index contributed by atoms with van der Waals surface area (Å²) in [5, 5.41) is 6.42. The lowest BCUT2D eigenvalue weighted by molar-refractivity contribution is 0.310. The van der Waals surface area contributed by atoms with Crippen molar-refractivity contribution in [3.63, 3.8) is 0 Å². The van der Waals surface area contributed by atoms with E-state index in [1.54, 1.807) is 12.4 Å².